The van der Waals surface area contributed by atoms with Crippen LogP contribution >= 0.6 is 0 Å². The Hall–Kier alpha value is -3.22. The first-order valence-corrected chi connectivity index (χ1v) is 9.19. The second kappa shape index (κ2) is 7.57. The van der Waals surface area contributed by atoms with Crippen molar-refractivity contribution in [1.29, 1.82) is 0 Å². The Morgan fingerprint density at radius 3 is 2.81 bits per heavy atom. The SMILES string of the molecule is Cc1cccc(C(=O)Nc2cnn(-c3ncncc3N3CCCCC3)c2)c1. The van der Waals surface area contributed by atoms with Crippen molar-refractivity contribution in [3.05, 3.63) is 60.3 Å². The fourth-order valence-electron chi connectivity index (χ4n) is 3.34. The Balaban J connectivity index is 1.55. The molecule has 27 heavy (non-hydrogen) atoms. The number of carbonyl (C=O) groups is 1. The van der Waals surface area contributed by atoms with Crippen molar-refractivity contribution in [1.82, 2.24) is 19.7 Å². The fraction of sp³-hybridized carbons (Fsp3) is 0.300. The van der Waals surface area contributed by atoms with E-state index >= 15 is 0 Å². The predicted octanol–water partition coefficient (Wildman–Crippen LogP) is 3.21. The zero-order chi connectivity index (χ0) is 18.6. The predicted molar refractivity (Wildman–Crippen MR) is 104 cm³/mol. The van der Waals surface area contributed by atoms with Gasteiger partial charge in [-0.3, -0.25) is 4.79 Å². The Morgan fingerprint density at radius 1 is 1.15 bits per heavy atom. The smallest absolute Gasteiger partial charge is 0.255 e. The van der Waals surface area contributed by atoms with Gasteiger partial charge in [0.1, 0.15) is 12.0 Å². The molecule has 0 unspecified atom stereocenters. The molecule has 0 bridgehead atoms. The van der Waals surface area contributed by atoms with E-state index in [1.54, 1.807) is 23.1 Å². The number of aromatic nitrogens is 4. The molecule has 4 rings (SSSR count). The van der Waals surface area contributed by atoms with Crippen molar-refractivity contribution in [3.8, 4) is 5.82 Å². The molecule has 7 nitrogen and oxygen atoms in total. The fourth-order valence-corrected chi connectivity index (χ4v) is 3.34. The van der Waals surface area contributed by atoms with E-state index in [1.165, 1.54) is 25.6 Å². The standard InChI is InChI=1S/C20H22N6O/c1-15-6-5-7-16(10-15)20(27)24-17-11-23-26(13-17)19-18(12-21-14-22-19)25-8-3-2-4-9-25/h5-7,10-14H,2-4,8-9H2,1H3,(H,24,27). The number of hydrogen-bond acceptors (Lipinski definition) is 5. The van der Waals surface area contributed by atoms with Crippen molar-refractivity contribution in [2.45, 2.75) is 26.2 Å². The lowest BCUT2D eigenvalue weighted by molar-refractivity contribution is 0.102. The third kappa shape index (κ3) is 3.81. The largest absolute Gasteiger partial charge is 0.367 e. The van der Waals surface area contributed by atoms with Gasteiger partial charge >= 0.3 is 0 Å². The summed E-state index contributed by atoms with van der Waals surface area (Å²) in [5.41, 5.74) is 3.27. The van der Waals surface area contributed by atoms with Gasteiger partial charge in [0.15, 0.2) is 5.82 Å². The van der Waals surface area contributed by atoms with Gasteiger partial charge in [-0.05, 0) is 38.3 Å². The number of aryl methyl sites for hydroxylation is 1. The molecule has 1 N–H and O–H groups in total. The van der Waals surface area contributed by atoms with Crippen molar-refractivity contribution < 1.29 is 4.79 Å². The maximum absolute atomic E-state index is 12.4. The summed E-state index contributed by atoms with van der Waals surface area (Å²) in [5, 5.41) is 7.29. The molecule has 1 aromatic carbocycles. The van der Waals surface area contributed by atoms with Gasteiger partial charge in [0.2, 0.25) is 0 Å². The van der Waals surface area contributed by atoms with Crippen LogP contribution in [0.2, 0.25) is 0 Å². The lowest BCUT2D eigenvalue weighted by Gasteiger charge is -2.29. The number of hydrogen-bond donors (Lipinski definition) is 1. The molecule has 0 aliphatic carbocycles. The van der Waals surface area contributed by atoms with Crippen molar-refractivity contribution in [2.24, 2.45) is 0 Å². The maximum atomic E-state index is 12.4. The molecule has 0 radical (unpaired) electrons. The highest BCUT2D eigenvalue weighted by molar-refractivity contribution is 6.04. The van der Waals surface area contributed by atoms with Crippen LogP contribution in [0.15, 0.2) is 49.2 Å². The van der Waals surface area contributed by atoms with Crippen LogP contribution in [-0.2, 0) is 0 Å². The number of nitrogens with zero attached hydrogens (tertiary/aromatic N) is 5. The van der Waals surface area contributed by atoms with Crippen LogP contribution in [0.25, 0.3) is 5.82 Å². The summed E-state index contributed by atoms with van der Waals surface area (Å²) in [6.07, 6.45) is 10.4. The van der Waals surface area contributed by atoms with E-state index in [2.05, 4.69) is 25.3 Å². The van der Waals surface area contributed by atoms with E-state index in [9.17, 15) is 4.79 Å². The minimum atomic E-state index is -0.155. The molecule has 2 aromatic heterocycles. The summed E-state index contributed by atoms with van der Waals surface area (Å²) in [6.45, 7) is 3.96. The molecule has 1 fully saturated rings. The lowest BCUT2D eigenvalue weighted by Crippen LogP contribution is -2.30. The first-order chi connectivity index (χ1) is 13.2. The van der Waals surface area contributed by atoms with Gasteiger partial charge in [-0.25, -0.2) is 14.6 Å². The van der Waals surface area contributed by atoms with Gasteiger partial charge in [-0.2, -0.15) is 5.10 Å². The van der Waals surface area contributed by atoms with E-state index < -0.39 is 0 Å². The highest BCUT2D eigenvalue weighted by atomic mass is 16.1. The van der Waals surface area contributed by atoms with E-state index in [1.807, 2.05) is 31.3 Å². The maximum Gasteiger partial charge on any atom is 0.255 e. The molecular formula is C20H22N6O. The Labute approximate surface area is 158 Å². The number of amides is 1. The topological polar surface area (TPSA) is 75.9 Å². The van der Waals surface area contributed by atoms with Crippen LogP contribution in [0.1, 0.15) is 35.2 Å². The van der Waals surface area contributed by atoms with Gasteiger partial charge in [0, 0.05) is 18.7 Å². The molecule has 3 aromatic rings. The molecule has 3 heterocycles. The zero-order valence-corrected chi connectivity index (χ0v) is 15.3. The van der Waals surface area contributed by atoms with Gasteiger partial charge in [-0.15, -0.1) is 0 Å². The van der Waals surface area contributed by atoms with Crippen LogP contribution in [0.3, 0.4) is 0 Å². The molecule has 138 valence electrons. The number of piperidine rings is 1. The highest BCUT2D eigenvalue weighted by Gasteiger charge is 2.17. The first kappa shape index (κ1) is 17.2. The molecular weight excluding hydrogens is 340 g/mol. The van der Waals surface area contributed by atoms with Crippen LogP contribution < -0.4 is 10.2 Å². The molecule has 1 aliphatic heterocycles. The molecule has 7 heteroatoms. The molecule has 0 atom stereocenters. The van der Waals surface area contributed by atoms with Gasteiger partial charge < -0.3 is 10.2 Å². The highest BCUT2D eigenvalue weighted by Crippen LogP contribution is 2.25. The van der Waals surface area contributed by atoms with E-state index in [4.69, 9.17) is 0 Å². The summed E-state index contributed by atoms with van der Waals surface area (Å²) in [5.74, 6) is 0.570. The zero-order valence-electron chi connectivity index (χ0n) is 15.3. The Morgan fingerprint density at radius 2 is 2.00 bits per heavy atom. The Kier molecular flexibility index (Phi) is 4.82. The van der Waals surface area contributed by atoms with Crippen LogP contribution in [0.5, 0.6) is 0 Å². The van der Waals surface area contributed by atoms with Crippen LogP contribution in [0, 0.1) is 6.92 Å². The molecule has 0 saturated carbocycles. The molecule has 0 spiro atoms. The van der Waals surface area contributed by atoms with E-state index in [-0.39, 0.29) is 5.91 Å². The number of carbonyl (C=O) groups excluding carboxylic acids is 1. The summed E-state index contributed by atoms with van der Waals surface area (Å²) >= 11 is 0. The van der Waals surface area contributed by atoms with Gasteiger partial charge in [0.05, 0.1) is 24.3 Å². The number of rotatable bonds is 4. The van der Waals surface area contributed by atoms with Crippen molar-refractivity contribution in [3.63, 3.8) is 0 Å². The second-order valence-corrected chi connectivity index (χ2v) is 6.78. The Bertz CT molecular complexity index is 945. The van der Waals surface area contributed by atoms with Gasteiger partial charge in [0.25, 0.3) is 5.91 Å². The van der Waals surface area contributed by atoms with Gasteiger partial charge in [-0.1, -0.05) is 17.7 Å². The first-order valence-electron chi connectivity index (χ1n) is 9.19. The van der Waals surface area contributed by atoms with Crippen molar-refractivity contribution in [2.75, 3.05) is 23.3 Å². The van der Waals surface area contributed by atoms with E-state index in [0.717, 1.165) is 30.2 Å². The summed E-state index contributed by atoms with van der Waals surface area (Å²) < 4.78 is 1.69. The normalized spacial score (nSPS) is 14.2. The summed E-state index contributed by atoms with van der Waals surface area (Å²) in [7, 11) is 0. The summed E-state index contributed by atoms with van der Waals surface area (Å²) in [6, 6.07) is 7.50. The monoisotopic (exact) mass is 362 g/mol. The second-order valence-electron chi connectivity index (χ2n) is 6.78. The lowest BCUT2D eigenvalue weighted by atomic mass is 10.1. The number of anilines is 2. The molecule has 1 amide bonds. The van der Waals surface area contributed by atoms with Crippen molar-refractivity contribution >= 4 is 17.3 Å². The third-order valence-electron chi connectivity index (χ3n) is 4.71. The molecule has 1 saturated heterocycles. The summed E-state index contributed by atoms with van der Waals surface area (Å²) in [4.78, 5) is 23.3. The average Bonchev–Trinajstić information content (AvgIpc) is 3.17. The third-order valence-corrected chi connectivity index (χ3v) is 4.71. The minimum Gasteiger partial charge on any atom is -0.367 e. The number of benzene rings is 1. The van der Waals surface area contributed by atoms with E-state index in [0.29, 0.717) is 11.3 Å². The van der Waals surface area contributed by atoms with Crippen LogP contribution in [-0.4, -0.2) is 38.7 Å². The van der Waals surface area contributed by atoms with Crippen LogP contribution in [0.4, 0.5) is 11.4 Å². The quantitative estimate of drug-likeness (QED) is 0.771. The minimum absolute atomic E-state index is 0.155. The molecule has 1 aliphatic rings. The number of nitrogens with one attached hydrogen (secondary N) is 1. The average molecular weight is 362 g/mol.